The van der Waals surface area contributed by atoms with Crippen LogP contribution in [0.4, 0.5) is 0 Å². The van der Waals surface area contributed by atoms with E-state index >= 15 is 0 Å². The monoisotopic (exact) mass is 274 g/mol. The summed E-state index contributed by atoms with van der Waals surface area (Å²) in [6, 6.07) is 12.2. The molecule has 0 aliphatic carbocycles. The fraction of sp³-hybridized carbons (Fsp3) is 0.667. The molecule has 2 heteroatoms. The van der Waals surface area contributed by atoms with Gasteiger partial charge in [0.15, 0.2) is 0 Å². The molecular weight excluding hydrogens is 244 g/mol. The van der Waals surface area contributed by atoms with Crippen LogP contribution in [0.15, 0.2) is 30.3 Å². The normalized spacial score (nSPS) is 22.7. The van der Waals surface area contributed by atoms with Crippen LogP contribution in [0.1, 0.15) is 39.2 Å². The second kappa shape index (κ2) is 7.80. The van der Waals surface area contributed by atoms with Gasteiger partial charge in [0.25, 0.3) is 0 Å². The van der Waals surface area contributed by atoms with Gasteiger partial charge in [-0.2, -0.15) is 0 Å². The van der Waals surface area contributed by atoms with Crippen LogP contribution in [-0.4, -0.2) is 36.6 Å². The molecule has 0 saturated carbocycles. The smallest absolute Gasteiger partial charge is 0.0218 e. The SMILES string of the molecule is CC(C)C1CN(C(C)CCc2ccccc2)CCCN1. The number of hydrogen-bond acceptors (Lipinski definition) is 2. The summed E-state index contributed by atoms with van der Waals surface area (Å²) in [5.41, 5.74) is 1.47. The maximum atomic E-state index is 3.70. The van der Waals surface area contributed by atoms with Crippen LogP contribution in [0.25, 0.3) is 0 Å². The molecule has 0 amide bonds. The van der Waals surface area contributed by atoms with Gasteiger partial charge >= 0.3 is 0 Å². The van der Waals surface area contributed by atoms with Crippen molar-refractivity contribution in [2.24, 2.45) is 5.92 Å². The molecule has 1 heterocycles. The molecule has 2 nitrogen and oxygen atoms in total. The van der Waals surface area contributed by atoms with Crippen molar-refractivity contribution in [3.8, 4) is 0 Å². The van der Waals surface area contributed by atoms with Crippen LogP contribution in [0, 0.1) is 5.92 Å². The minimum atomic E-state index is 0.650. The summed E-state index contributed by atoms with van der Waals surface area (Å²) in [7, 11) is 0. The number of benzene rings is 1. The Kier molecular flexibility index (Phi) is 6.06. The van der Waals surface area contributed by atoms with Gasteiger partial charge in [-0.3, -0.25) is 4.90 Å². The van der Waals surface area contributed by atoms with E-state index in [9.17, 15) is 0 Å². The molecule has 1 aliphatic heterocycles. The molecule has 20 heavy (non-hydrogen) atoms. The lowest BCUT2D eigenvalue weighted by Crippen LogP contribution is -2.44. The first-order chi connectivity index (χ1) is 9.66. The number of nitrogens with one attached hydrogen (secondary N) is 1. The highest BCUT2D eigenvalue weighted by molar-refractivity contribution is 5.14. The largest absolute Gasteiger partial charge is 0.312 e. The van der Waals surface area contributed by atoms with E-state index in [1.165, 1.54) is 44.5 Å². The first-order valence-corrected chi connectivity index (χ1v) is 8.18. The summed E-state index contributed by atoms with van der Waals surface area (Å²) in [5.74, 6) is 0.719. The molecule has 0 bridgehead atoms. The first kappa shape index (κ1) is 15.5. The third kappa shape index (κ3) is 4.60. The highest BCUT2D eigenvalue weighted by atomic mass is 15.2. The van der Waals surface area contributed by atoms with Crippen LogP contribution in [0.5, 0.6) is 0 Å². The standard InChI is InChI=1S/C18H30N2/c1-15(2)18-14-20(13-7-12-19-18)16(3)10-11-17-8-5-4-6-9-17/h4-6,8-9,15-16,18-19H,7,10-14H2,1-3H3. The number of aryl methyl sites for hydroxylation is 1. The average molecular weight is 274 g/mol. The van der Waals surface area contributed by atoms with Crippen molar-refractivity contribution < 1.29 is 0 Å². The summed E-state index contributed by atoms with van der Waals surface area (Å²) in [6.45, 7) is 10.7. The molecule has 2 atom stereocenters. The molecule has 1 saturated heterocycles. The van der Waals surface area contributed by atoms with Gasteiger partial charge < -0.3 is 5.32 Å². The third-order valence-corrected chi connectivity index (χ3v) is 4.58. The van der Waals surface area contributed by atoms with E-state index in [1.54, 1.807) is 0 Å². The second-order valence-corrected chi connectivity index (χ2v) is 6.53. The predicted molar refractivity (Wildman–Crippen MR) is 87.0 cm³/mol. The Bertz CT molecular complexity index is 374. The van der Waals surface area contributed by atoms with E-state index in [0.717, 1.165) is 5.92 Å². The quantitative estimate of drug-likeness (QED) is 0.886. The molecule has 0 radical (unpaired) electrons. The van der Waals surface area contributed by atoms with Gasteiger partial charge in [0.05, 0.1) is 0 Å². The van der Waals surface area contributed by atoms with Crippen LogP contribution in [-0.2, 0) is 6.42 Å². The summed E-state index contributed by atoms with van der Waals surface area (Å²) in [6.07, 6.45) is 3.73. The maximum Gasteiger partial charge on any atom is 0.0218 e. The molecule has 0 aromatic heterocycles. The Morgan fingerprint density at radius 2 is 1.95 bits per heavy atom. The molecule has 2 unspecified atom stereocenters. The van der Waals surface area contributed by atoms with Crippen LogP contribution in [0.2, 0.25) is 0 Å². The molecule has 1 aromatic carbocycles. The molecular formula is C18H30N2. The predicted octanol–water partition coefficient (Wildman–Crippen LogP) is 3.33. The summed E-state index contributed by atoms with van der Waals surface area (Å²) in [4.78, 5) is 2.69. The molecule has 112 valence electrons. The van der Waals surface area contributed by atoms with Crippen molar-refractivity contribution in [2.75, 3.05) is 19.6 Å². The van der Waals surface area contributed by atoms with Gasteiger partial charge in [-0.25, -0.2) is 0 Å². The maximum absolute atomic E-state index is 3.70. The van der Waals surface area contributed by atoms with E-state index in [2.05, 4.69) is 61.3 Å². The summed E-state index contributed by atoms with van der Waals surface area (Å²) >= 11 is 0. The van der Waals surface area contributed by atoms with E-state index in [-0.39, 0.29) is 0 Å². The Morgan fingerprint density at radius 1 is 1.20 bits per heavy atom. The van der Waals surface area contributed by atoms with Crippen LogP contribution in [0.3, 0.4) is 0 Å². The lowest BCUT2D eigenvalue weighted by Gasteiger charge is -2.31. The minimum absolute atomic E-state index is 0.650. The van der Waals surface area contributed by atoms with E-state index < -0.39 is 0 Å². The van der Waals surface area contributed by atoms with Crippen molar-refractivity contribution in [2.45, 2.75) is 52.1 Å². The number of rotatable bonds is 5. The lowest BCUT2D eigenvalue weighted by molar-refractivity contribution is 0.183. The third-order valence-electron chi connectivity index (χ3n) is 4.58. The molecule has 1 N–H and O–H groups in total. The fourth-order valence-electron chi connectivity index (χ4n) is 3.03. The topological polar surface area (TPSA) is 15.3 Å². The van der Waals surface area contributed by atoms with E-state index in [4.69, 9.17) is 0 Å². The van der Waals surface area contributed by atoms with Crippen molar-refractivity contribution in [3.05, 3.63) is 35.9 Å². The zero-order valence-electron chi connectivity index (χ0n) is 13.3. The van der Waals surface area contributed by atoms with Gasteiger partial charge in [-0.15, -0.1) is 0 Å². The van der Waals surface area contributed by atoms with E-state index in [0.29, 0.717) is 12.1 Å². The Morgan fingerprint density at radius 3 is 2.65 bits per heavy atom. The van der Waals surface area contributed by atoms with E-state index in [1.807, 2.05) is 0 Å². The average Bonchev–Trinajstić information content (AvgIpc) is 2.72. The van der Waals surface area contributed by atoms with Crippen molar-refractivity contribution >= 4 is 0 Å². The summed E-state index contributed by atoms with van der Waals surface area (Å²) < 4.78 is 0. The van der Waals surface area contributed by atoms with Gasteiger partial charge in [0.1, 0.15) is 0 Å². The molecule has 1 aromatic rings. The Balaban J connectivity index is 1.85. The number of hydrogen-bond donors (Lipinski definition) is 1. The number of nitrogens with zero attached hydrogens (tertiary/aromatic N) is 1. The van der Waals surface area contributed by atoms with Gasteiger partial charge in [-0.1, -0.05) is 44.2 Å². The van der Waals surface area contributed by atoms with Crippen LogP contribution < -0.4 is 5.32 Å². The van der Waals surface area contributed by atoms with Gasteiger partial charge in [-0.05, 0) is 50.8 Å². The lowest BCUT2D eigenvalue weighted by atomic mass is 10.0. The van der Waals surface area contributed by atoms with Crippen molar-refractivity contribution in [1.29, 1.82) is 0 Å². The van der Waals surface area contributed by atoms with Gasteiger partial charge in [0.2, 0.25) is 0 Å². The summed E-state index contributed by atoms with van der Waals surface area (Å²) in [5, 5.41) is 3.70. The highest BCUT2D eigenvalue weighted by Crippen LogP contribution is 2.15. The highest BCUT2D eigenvalue weighted by Gasteiger charge is 2.23. The molecule has 1 fully saturated rings. The molecule has 1 aliphatic rings. The zero-order chi connectivity index (χ0) is 14.4. The van der Waals surface area contributed by atoms with Crippen molar-refractivity contribution in [3.63, 3.8) is 0 Å². The van der Waals surface area contributed by atoms with Crippen molar-refractivity contribution in [1.82, 2.24) is 10.2 Å². The first-order valence-electron chi connectivity index (χ1n) is 8.18. The molecule has 2 rings (SSSR count). The van der Waals surface area contributed by atoms with Gasteiger partial charge in [0, 0.05) is 18.6 Å². The zero-order valence-corrected chi connectivity index (χ0v) is 13.3. The second-order valence-electron chi connectivity index (χ2n) is 6.53. The Labute approximate surface area is 124 Å². The fourth-order valence-corrected chi connectivity index (χ4v) is 3.03. The Hall–Kier alpha value is -0.860. The molecule has 0 spiro atoms. The van der Waals surface area contributed by atoms with Crippen LogP contribution >= 0.6 is 0 Å². The minimum Gasteiger partial charge on any atom is -0.312 e.